The predicted molar refractivity (Wildman–Crippen MR) is 51.6 cm³/mol. The average molecular weight is 247 g/mol. The van der Waals surface area contributed by atoms with Gasteiger partial charge in [-0.05, 0) is 22.4 Å². The Balaban J connectivity index is 2.83. The maximum atomic E-state index is 10.5. The summed E-state index contributed by atoms with van der Waals surface area (Å²) in [6.45, 7) is 2.03. The number of H-pyrrole nitrogens is 1. The number of aromatic amines is 1. The molecule has 0 amide bonds. The molecule has 0 aliphatic heterocycles. The number of carboxylic acids is 1. The summed E-state index contributed by atoms with van der Waals surface area (Å²) in [6.07, 6.45) is 1.78. The van der Waals surface area contributed by atoms with Gasteiger partial charge in [0.15, 0.2) is 4.73 Å². The molecule has 13 heavy (non-hydrogen) atoms. The molecule has 0 aliphatic carbocycles. The summed E-state index contributed by atoms with van der Waals surface area (Å²) in [4.78, 5) is 17.5. The standard InChI is InChI=1S/C8H11BrN2O2/c1-2-3-5-6(4-7(12)13)11-8(9)10-5/h2-4H2,1H3,(H,10,11)(H,12,13). The fraction of sp³-hybridized carbons (Fsp3) is 0.500. The molecule has 0 fully saturated rings. The second-order valence-corrected chi connectivity index (χ2v) is 3.52. The Bertz CT molecular complexity index is 309. The molecule has 0 unspecified atom stereocenters. The van der Waals surface area contributed by atoms with Crippen molar-refractivity contribution in [3.05, 3.63) is 16.1 Å². The number of rotatable bonds is 4. The highest BCUT2D eigenvalue weighted by Crippen LogP contribution is 2.13. The predicted octanol–water partition coefficient (Wildman–Crippen LogP) is 1.75. The lowest BCUT2D eigenvalue weighted by molar-refractivity contribution is -0.136. The Morgan fingerprint density at radius 3 is 2.92 bits per heavy atom. The van der Waals surface area contributed by atoms with E-state index in [4.69, 9.17) is 5.11 Å². The second-order valence-electron chi connectivity index (χ2n) is 2.77. The third kappa shape index (κ3) is 2.84. The van der Waals surface area contributed by atoms with Crippen molar-refractivity contribution in [2.75, 3.05) is 0 Å². The van der Waals surface area contributed by atoms with Crippen LogP contribution in [0.25, 0.3) is 0 Å². The normalized spacial score (nSPS) is 10.3. The van der Waals surface area contributed by atoms with Gasteiger partial charge in [-0.2, -0.15) is 0 Å². The van der Waals surface area contributed by atoms with Gasteiger partial charge in [-0.25, -0.2) is 4.98 Å². The minimum absolute atomic E-state index is 0.00787. The lowest BCUT2D eigenvalue weighted by Gasteiger charge is -1.96. The first kappa shape index (κ1) is 10.2. The summed E-state index contributed by atoms with van der Waals surface area (Å²) < 4.78 is 0.604. The molecule has 0 bridgehead atoms. The minimum atomic E-state index is -0.839. The number of aliphatic carboxylic acids is 1. The summed E-state index contributed by atoms with van der Waals surface area (Å²) in [5.74, 6) is -0.839. The van der Waals surface area contributed by atoms with E-state index in [0.29, 0.717) is 10.4 Å². The molecule has 1 rings (SSSR count). The number of carbonyl (C=O) groups is 1. The fourth-order valence-electron chi connectivity index (χ4n) is 1.15. The molecule has 0 radical (unpaired) electrons. The van der Waals surface area contributed by atoms with Crippen LogP contribution in [0.1, 0.15) is 24.7 Å². The first-order valence-electron chi connectivity index (χ1n) is 4.08. The smallest absolute Gasteiger partial charge is 0.309 e. The number of imidazole rings is 1. The number of carboxylic acid groups (broad SMARTS) is 1. The molecular formula is C8H11BrN2O2. The van der Waals surface area contributed by atoms with E-state index in [-0.39, 0.29) is 6.42 Å². The average Bonchev–Trinajstić information content (AvgIpc) is 2.31. The number of halogens is 1. The van der Waals surface area contributed by atoms with Crippen LogP contribution < -0.4 is 0 Å². The summed E-state index contributed by atoms with van der Waals surface area (Å²) in [6, 6.07) is 0. The Morgan fingerprint density at radius 2 is 2.38 bits per heavy atom. The largest absolute Gasteiger partial charge is 0.481 e. The molecule has 0 saturated heterocycles. The third-order valence-corrected chi connectivity index (χ3v) is 2.03. The van der Waals surface area contributed by atoms with Gasteiger partial charge >= 0.3 is 5.97 Å². The van der Waals surface area contributed by atoms with E-state index in [0.717, 1.165) is 18.5 Å². The van der Waals surface area contributed by atoms with Crippen molar-refractivity contribution in [3.8, 4) is 0 Å². The summed E-state index contributed by atoms with van der Waals surface area (Å²) in [5.41, 5.74) is 1.54. The zero-order chi connectivity index (χ0) is 9.84. The second kappa shape index (κ2) is 4.41. The molecular weight excluding hydrogens is 236 g/mol. The van der Waals surface area contributed by atoms with Gasteiger partial charge in [-0.3, -0.25) is 4.79 Å². The van der Waals surface area contributed by atoms with Gasteiger partial charge in [-0.1, -0.05) is 13.3 Å². The molecule has 1 aromatic heterocycles. The zero-order valence-corrected chi connectivity index (χ0v) is 8.89. The molecule has 2 N–H and O–H groups in total. The van der Waals surface area contributed by atoms with E-state index in [1.165, 1.54) is 0 Å². The van der Waals surface area contributed by atoms with Crippen molar-refractivity contribution in [1.82, 2.24) is 9.97 Å². The number of hydrogen-bond donors (Lipinski definition) is 2. The molecule has 4 nitrogen and oxygen atoms in total. The van der Waals surface area contributed by atoms with Gasteiger partial charge in [-0.15, -0.1) is 0 Å². The van der Waals surface area contributed by atoms with Crippen LogP contribution >= 0.6 is 15.9 Å². The van der Waals surface area contributed by atoms with E-state index in [1.807, 2.05) is 6.92 Å². The van der Waals surface area contributed by atoms with Gasteiger partial charge < -0.3 is 10.1 Å². The number of nitrogens with one attached hydrogen (secondary N) is 1. The molecule has 5 heteroatoms. The van der Waals surface area contributed by atoms with Gasteiger partial charge in [0, 0.05) is 5.69 Å². The maximum Gasteiger partial charge on any atom is 0.309 e. The van der Waals surface area contributed by atoms with Crippen molar-refractivity contribution in [2.24, 2.45) is 0 Å². The van der Waals surface area contributed by atoms with Crippen molar-refractivity contribution < 1.29 is 9.90 Å². The first-order valence-corrected chi connectivity index (χ1v) is 4.87. The Kier molecular flexibility index (Phi) is 3.48. The minimum Gasteiger partial charge on any atom is -0.481 e. The first-order chi connectivity index (χ1) is 6.13. The van der Waals surface area contributed by atoms with E-state index in [9.17, 15) is 4.79 Å². The van der Waals surface area contributed by atoms with Crippen LogP contribution in [0.4, 0.5) is 0 Å². The molecule has 0 spiro atoms. The Labute approximate surface area is 84.5 Å². The maximum absolute atomic E-state index is 10.5. The molecule has 1 heterocycles. The number of aromatic nitrogens is 2. The number of aryl methyl sites for hydroxylation is 1. The highest BCUT2D eigenvalue weighted by molar-refractivity contribution is 9.10. The van der Waals surface area contributed by atoms with Crippen LogP contribution in [-0.4, -0.2) is 21.0 Å². The monoisotopic (exact) mass is 246 g/mol. The van der Waals surface area contributed by atoms with Gasteiger partial charge in [0.1, 0.15) is 0 Å². The van der Waals surface area contributed by atoms with Crippen molar-refractivity contribution in [1.29, 1.82) is 0 Å². The van der Waals surface area contributed by atoms with Crippen LogP contribution in [0.5, 0.6) is 0 Å². The summed E-state index contributed by atoms with van der Waals surface area (Å²) in [7, 11) is 0. The lowest BCUT2D eigenvalue weighted by Crippen LogP contribution is -2.03. The van der Waals surface area contributed by atoms with Crippen molar-refractivity contribution >= 4 is 21.9 Å². The molecule has 0 atom stereocenters. The van der Waals surface area contributed by atoms with E-state index >= 15 is 0 Å². The SMILES string of the molecule is CCCc1nc(Br)[nH]c1CC(=O)O. The van der Waals surface area contributed by atoms with Crippen LogP contribution in [0.2, 0.25) is 0 Å². The van der Waals surface area contributed by atoms with E-state index in [1.54, 1.807) is 0 Å². The Morgan fingerprint density at radius 1 is 1.69 bits per heavy atom. The van der Waals surface area contributed by atoms with E-state index < -0.39 is 5.97 Å². The van der Waals surface area contributed by atoms with Crippen LogP contribution in [0.3, 0.4) is 0 Å². The highest BCUT2D eigenvalue weighted by atomic mass is 79.9. The Hall–Kier alpha value is -0.840. The van der Waals surface area contributed by atoms with Crippen molar-refractivity contribution in [3.63, 3.8) is 0 Å². The third-order valence-electron chi connectivity index (χ3n) is 1.65. The molecule has 0 aliphatic rings. The summed E-state index contributed by atoms with van der Waals surface area (Å²) in [5, 5.41) is 8.61. The fourth-order valence-corrected chi connectivity index (χ4v) is 1.60. The molecule has 1 aromatic rings. The number of hydrogen-bond acceptors (Lipinski definition) is 2. The van der Waals surface area contributed by atoms with Crippen molar-refractivity contribution in [2.45, 2.75) is 26.2 Å². The van der Waals surface area contributed by atoms with Gasteiger partial charge in [0.25, 0.3) is 0 Å². The van der Waals surface area contributed by atoms with E-state index in [2.05, 4.69) is 25.9 Å². The molecule has 72 valence electrons. The lowest BCUT2D eigenvalue weighted by atomic mass is 10.2. The molecule has 0 saturated carbocycles. The van der Waals surface area contributed by atoms with Crippen LogP contribution in [0, 0.1) is 0 Å². The van der Waals surface area contributed by atoms with Gasteiger partial charge in [0.2, 0.25) is 0 Å². The number of nitrogens with zero attached hydrogens (tertiary/aromatic N) is 1. The topological polar surface area (TPSA) is 66.0 Å². The van der Waals surface area contributed by atoms with Crippen LogP contribution in [0.15, 0.2) is 4.73 Å². The van der Waals surface area contributed by atoms with Crippen LogP contribution in [-0.2, 0) is 17.6 Å². The zero-order valence-electron chi connectivity index (χ0n) is 7.30. The summed E-state index contributed by atoms with van der Waals surface area (Å²) >= 11 is 3.18. The van der Waals surface area contributed by atoms with Gasteiger partial charge in [0.05, 0.1) is 12.1 Å². The molecule has 0 aromatic carbocycles. The highest BCUT2D eigenvalue weighted by Gasteiger charge is 2.10. The quantitative estimate of drug-likeness (QED) is 0.851.